The lowest BCUT2D eigenvalue weighted by molar-refractivity contribution is -0.130. The molecule has 7 heteroatoms. The van der Waals surface area contributed by atoms with Crippen LogP contribution in [-0.4, -0.2) is 70.8 Å². The predicted molar refractivity (Wildman–Crippen MR) is 127 cm³/mol. The molecule has 2 fully saturated rings. The van der Waals surface area contributed by atoms with Crippen LogP contribution in [0.5, 0.6) is 5.75 Å². The van der Waals surface area contributed by atoms with Crippen molar-refractivity contribution < 1.29 is 9.53 Å². The van der Waals surface area contributed by atoms with Crippen molar-refractivity contribution in [1.82, 2.24) is 19.8 Å². The summed E-state index contributed by atoms with van der Waals surface area (Å²) in [7, 11) is 0. The number of aromatic nitrogens is 2. The number of carbonyl (C=O) groups is 1. The van der Waals surface area contributed by atoms with Crippen molar-refractivity contribution in [3.8, 4) is 5.75 Å². The summed E-state index contributed by atoms with van der Waals surface area (Å²) in [6.07, 6.45) is 2.34. The second-order valence-electron chi connectivity index (χ2n) is 8.35. The van der Waals surface area contributed by atoms with E-state index in [1.807, 2.05) is 53.4 Å². The summed E-state index contributed by atoms with van der Waals surface area (Å²) in [6, 6.07) is 18.0. The number of benzene rings is 2. The standard InChI is InChI=1S/C25H28N4O2S/c30-23(29-14-12-28(13-15-29)16-17-31-20-6-2-1-3-7-20)18-32-25-21-8-4-5-9-22(21)26-24(27-25)19-10-11-19/h1-9,19H,10-18H2. The zero-order valence-electron chi connectivity index (χ0n) is 18.2. The minimum atomic E-state index is 0.186. The molecule has 2 aromatic carbocycles. The SMILES string of the molecule is O=C(CSc1nc(C2CC2)nc2ccccc12)N1CCN(CCOc2ccccc2)CC1. The quantitative estimate of drug-likeness (QED) is 0.386. The molecule has 166 valence electrons. The maximum Gasteiger partial charge on any atom is 0.233 e. The van der Waals surface area contributed by atoms with Crippen LogP contribution in [0.1, 0.15) is 24.6 Å². The Labute approximate surface area is 193 Å². The van der Waals surface area contributed by atoms with Gasteiger partial charge in [-0.25, -0.2) is 9.97 Å². The van der Waals surface area contributed by atoms with Gasteiger partial charge >= 0.3 is 0 Å². The number of piperazine rings is 1. The zero-order chi connectivity index (χ0) is 21.8. The third-order valence-corrected chi connectivity index (χ3v) is 6.98. The molecule has 3 aromatic rings. The van der Waals surface area contributed by atoms with Crippen molar-refractivity contribution in [3.63, 3.8) is 0 Å². The van der Waals surface area contributed by atoms with Gasteiger partial charge in [0, 0.05) is 44.0 Å². The van der Waals surface area contributed by atoms with E-state index in [-0.39, 0.29) is 5.91 Å². The van der Waals surface area contributed by atoms with E-state index >= 15 is 0 Å². The van der Waals surface area contributed by atoms with E-state index in [2.05, 4.69) is 11.0 Å². The van der Waals surface area contributed by atoms with Crippen LogP contribution in [0.4, 0.5) is 0 Å². The van der Waals surface area contributed by atoms with Crippen LogP contribution in [0.15, 0.2) is 59.6 Å². The van der Waals surface area contributed by atoms with Gasteiger partial charge in [-0.1, -0.05) is 48.2 Å². The number of para-hydroxylation sites is 2. The largest absolute Gasteiger partial charge is 0.492 e. The van der Waals surface area contributed by atoms with Crippen molar-refractivity contribution in [2.24, 2.45) is 0 Å². The summed E-state index contributed by atoms with van der Waals surface area (Å²) in [5.74, 6) is 2.94. The number of nitrogens with zero attached hydrogens (tertiary/aromatic N) is 4. The molecule has 1 aromatic heterocycles. The minimum Gasteiger partial charge on any atom is -0.492 e. The first-order valence-electron chi connectivity index (χ1n) is 11.3. The molecule has 2 heterocycles. The summed E-state index contributed by atoms with van der Waals surface area (Å²) in [5, 5.41) is 1.97. The van der Waals surface area contributed by atoms with Crippen LogP contribution in [-0.2, 0) is 4.79 Å². The van der Waals surface area contributed by atoms with Gasteiger partial charge in [-0.2, -0.15) is 0 Å². The molecule has 1 amide bonds. The van der Waals surface area contributed by atoms with Gasteiger partial charge < -0.3 is 9.64 Å². The second-order valence-corrected chi connectivity index (χ2v) is 9.32. The molecule has 1 saturated carbocycles. The van der Waals surface area contributed by atoms with E-state index in [4.69, 9.17) is 14.7 Å². The van der Waals surface area contributed by atoms with Crippen molar-refractivity contribution in [1.29, 1.82) is 0 Å². The number of hydrogen-bond acceptors (Lipinski definition) is 6. The van der Waals surface area contributed by atoms with E-state index in [0.29, 0.717) is 18.3 Å². The molecule has 0 spiro atoms. The highest BCUT2D eigenvalue weighted by Crippen LogP contribution is 2.39. The average molecular weight is 449 g/mol. The number of ether oxygens (including phenoxy) is 1. The molecule has 0 N–H and O–H groups in total. The highest BCUT2D eigenvalue weighted by Gasteiger charge is 2.28. The Morgan fingerprint density at radius 2 is 1.72 bits per heavy atom. The first-order valence-corrected chi connectivity index (χ1v) is 12.3. The van der Waals surface area contributed by atoms with Crippen molar-refractivity contribution in [2.45, 2.75) is 23.8 Å². The third kappa shape index (κ3) is 5.22. The fourth-order valence-electron chi connectivity index (χ4n) is 3.95. The molecule has 1 saturated heterocycles. The molecule has 5 rings (SSSR count). The summed E-state index contributed by atoms with van der Waals surface area (Å²) in [4.78, 5) is 26.7. The molecule has 2 aliphatic rings. The Bertz CT molecular complexity index is 1070. The zero-order valence-corrected chi connectivity index (χ0v) is 19.0. The average Bonchev–Trinajstić information content (AvgIpc) is 3.69. The molecule has 1 aliphatic heterocycles. The molecular weight excluding hydrogens is 420 g/mol. The molecule has 1 aliphatic carbocycles. The predicted octanol–water partition coefficient (Wildman–Crippen LogP) is 3.82. The molecule has 0 radical (unpaired) electrons. The molecule has 0 atom stereocenters. The Hall–Kier alpha value is -2.64. The summed E-state index contributed by atoms with van der Waals surface area (Å²) in [5.41, 5.74) is 0.977. The van der Waals surface area contributed by atoms with Crippen LogP contribution >= 0.6 is 11.8 Å². The van der Waals surface area contributed by atoms with Crippen LogP contribution < -0.4 is 4.74 Å². The van der Waals surface area contributed by atoms with Gasteiger partial charge in [-0.3, -0.25) is 9.69 Å². The van der Waals surface area contributed by atoms with Gasteiger partial charge in [-0.15, -0.1) is 0 Å². The van der Waals surface area contributed by atoms with Crippen molar-refractivity contribution in [2.75, 3.05) is 45.1 Å². The van der Waals surface area contributed by atoms with E-state index in [1.54, 1.807) is 11.8 Å². The molecule has 0 unspecified atom stereocenters. The number of hydrogen-bond donors (Lipinski definition) is 0. The Kier molecular flexibility index (Phi) is 6.55. The second kappa shape index (κ2) is 9.88. The number of amides is 1. The van der Waals surface area contributed by atoms with Gasteiger partial charge in [0.1, 0.15) is 23.2 Å². The number of thioether (sulfide) groups is 1. The first-order chi connectivity index (χ1) is 15.8. The maximum absolute atomic E-state index is 12.9. The fraction of sp³-hybridized carbons (Fsp3) is 0.400. The number of rotatable bonds is 8. The lowest BCUT2D eigenvalue weighted by atomic mass is 10.2. The summed E-state index contributed by atoms with van der Waals surface area (Å²) in [6.45, 7) is 4.85. The van der Waals surface area contributed by atoms with Crippen molar-refractivity contribution in [3.05, 3.63) is 60.4 Å². The number of carbonyl (C=O) groups excluding carboxylic acids is 1. The first kappa shape index (κ1) is 21.2. The number of fused-ring (bicyclic) bond motifs is 1. The third-order valence-electron chi connectivity index (χ3n) is 6.00. The van der Waals surface area contributed by atoms with E-state index in [1.165, 1.54) is 12.8 Å². The topological polar surface area (TPSA) is 58.6 Å². The summed E-state index contributed by atoms with van der Waals surface area (Å²) >= 11 is 1.55. The van der Waals surface area contributed by atoms with E-state index in [0.717, 1.165) is 60.2 Å². The maximum atomic E-state index is 12.9. The molecular formula is C25H28N4O2S. The Balaban J connectivity index is 1.11. The normalized spacial score (nSPS) is 16.9. The van der Waals surface area contributed by atoms with Crippen LogP contribution in [0.2, 0.25) is 0 Å². The molecule has 6 nitrogen and oxygen atoms in total. The highest BCUT2D eigenvalue weighted by atomic mass is 32.2. The smallest absolute Gasteiger partial charge is 0.233 e. The van der Waals surface area contributed by atoms with Gasteiger partial charge in [0.25, 0.3) is 0 Å². The van der Waals surface area contributed by atoms with Crippen molar-refractivity contribution >= 4 is 28.6 Å². The van der Waals surface area contributed by atoms with E-state index < -0.39 is 0 Å². The minimum absolute atomic E-state index is 0.186. The monoisotopic (exact) mass is 448 g/mol. The van der Waals surface area contributed by atoms with Crippen LogP contribution in [0, 0.1) is 0 Å². The van der Waals surface area contributed by atoms with E-state index in [9.17, 15) is 4.79 Å². The van der Waals surface area contributed by atoms with Gasteiger partial charge in [0.05, 0.1) is 11.3 Å². The highest BCUT2D eigenvalue weighted by molar-refractivity contribution is 8.00. The van der Waals surface area contributed by atoms with Gasteiger partial charge in [-0.05, 0) is 31.0 Å². The molecule has 0 bridgehead atoms. The lowest BCUT2D eigenvalue weighted by Crippen LogP contribution is -2.50. The summed E-state index contributed by atoms with van der Waals surface area (Å²) < 4.78 is 5.80. The van der Waals surface area contributed by atoms with Gasteiger partial charge in [0.2, 0.25) is 5.91 Å². The Morgan fingerprint density at radius 1 is 0.969 bits per heavy atom. The fourth-order valence-corrected chi connectivity index (χ4v) is 4.88. The lowest BCUT2D eigenvalue weighted by Gasteiger charge is -2.34. The van der Waals surface area contributed by atoms with Crippen LogP contribution in [0.25, 0.3) is 10.9 Å². The van der Waals surface area contributed by atoms with Crippen LogP contribution in [0.3, 0.4) is 0 Å². The van der Waals surface area contributed by atoms with Gasteiger partial charge in [0.15, 0.2) is 0 Å². The molecule has 32 heavy (non-hydrogen) atoms. The Morgan fingerprint density at radius 3 is 2.50 bits per heavy atom.